The van der Waals surface area contributed by atoms with Gasteiger partial charge in [-0.3, -0.25) is 0 Å². The van der Waals surface area contributed by atoms with E-state index in [0.717, 1.165) is 19.6 Å². The van der Waals surface area contributed by atoms with Crippen molar-refractivity contribution in [2.24, 2.45) is 0 Å². The number of methoxy groups -OCH3 is 1. The van der Waals surface area contributed by atoms with Crippen molar-refractivity contribution in [3.05, 3.63) is 34.9 Å². The molecule has 0 saturated heterocycles. The number of fused-ring (bicyclic) bond motifs is 1. The van der Waals surface area contributed by atoms with E-state index in [1.54, 1.807) is 7.11 Å². The van der Waals surface area contributed by atoms with Crippen LogP contribution < -0.4 is 5.32 Å². The van der Waals surface area contributed by atoms with E-state index in [1.165, 1.54) is 16.7 Å². The van der Waals surface area contributed by atoms with Crippen molar-refractivity contribution in [2.75, 3.05) is 20.3 Å². The first-order valence-electron chi connectivity index (χ1n) is 5.13. The summed E-state index contributed by atoms with van der Waals surface area (Å²) >= 11 is 0. The summed E-state index contributed by atoms with van der Waals surface area (Å²) in [5, 5.41) is 3.48. The van der Waals surface area contributed by atoms with Gasteiger partial charge in [0.2, 0.25) is 0 Å². The number of ether oxygens (including phenoxy) is 1. The average molecular weight is 191 g/mol. The Bertz CT molecular complexity index is 322. The summed E-state index contributed by atoms with van der Waals surface area (Å²) in [7, 11) is 1.76. The Kier molecular flexibility index (Phi) is 2.85. The van der Waals surface area contributed by atoms with Gasteiger partial charge in [-0.1, -0.05) is 18.2 Å². The van der Waals surface area contributed by atoms with Crippen LogP contribution in [0.4, 0.5) is 0 Å². The van der Waals surface area contributed by atoms with Crippen molar-refractivity contribution in [1.82, 2.24) is 5.32 Å². The highest BCUT2D eigenvalue weighted by molar-refractivity contribution is 5.38. The minimum atomic E-state index is 0.378. The minimum Gasteiger partial charge on any atom is -0.383 e. The lowest BCUT2D eigenvalue weighted by atomic mass is 9.91. The van der Waals surface area contributed by atoms with E-state index >= 15 is 0 Å². The highest BCUT2D eigenvalue weighted by Gasteiger charge is 2.19. The van der Waals surface area contributed by atoms with E-state index in [2.05, 4.69) is 30.4 Å². The molecular formula is C12H17NO. The number of rotatable bonds is 2. The van der Waals surface area contributed by atoms with Crippen molar-refractivity contribution in [3.63, 3.8) is 0 Å². The quantitative estimate of drug-likeness (QED) is 0.770. The number of hydrogen-bond acceptors (Lipinski definition) is 2. The SMILES string of the molecule is COC[C@@H]1NCCc2c(C)cccc21. The van der Waals surface area contributed by atoms with E-state index in [-0.39, 0.29) is 0 Å². The van der Waals surface area contributed by atoms with Gasteiger partial charge in [-0.15, -0.1) is 0 Å². The Morgan fingerprint density at radius 3 is 3.14 bits per heavy atom. The lowest BCUT2D eigenvalue weighted by Gasteiger charge is -2.27. The van der Waals surface area contributed by atoms with Gasteiger partial charge < -0.3 is 10.1 Å². The second kappa shape index (κ2) is 4.11. The van der Waals surface area contributed by atoms with Gasteiger partial charge in [-0.25, -0.2) is 0 Å². The van der Waals surface area contributed by atoms with Crippen LogP contribution in [0.15, 0.2) is 18.2 Å². The van der Waals surface area contributed by atoms with Gasteiger partial charge in [0.1, 0.15) is 0 Å². The van der Waals surface area contributed by atoms with E-state index in [9.17, 15) is 0 Å². The van der Waals surface area contributed by atoms with Crippen LogP contribution in [-0.2, 0) is 11.2 Å². The van der Waals surface area contributed by atoms with Crippen molar-refractivity contribution >= 4 is 0 Å². The van der Waals surface area contributed by atoms with Gasteiger partial charge in [-0.05, 0) is 36.6 Å². The number of nitrogens with one attached hydrogen (secondary N) is 1. The van der Waals surface area contributed by atoms with E-state index in [4.69, 9.17) is 4.74 Å². The molecule has 0 aliphatic carbocycles. The van der Waals surface area contributed by atoms with Gasteiger partial charge in [0.05, 0.1) is 12.6 Å². The Labute approximate surface area is 85.3 Å². The maximum Gasteiger partial charge on any atom is 0.0657 e. The molecular weight excluding hydrogens is 174 g/mol. The number of benzene rings is 1. The maximum absolute atomic E-state index is 5.22. The predicted molar refractivity (Wildman–Crippen MR) is 57.5 cm³/mol. The molecule has 1 aromatic rings. The van der Waals surface area contributed by atoms with Crippen LogP contribution in [-0.4, -0.2) is 20.3 Å². The molecule has 1 aromatic carbocycles. The van der Waals surface area contributed by atoms with Gasteiger partial charge in [0, 0.05) is 7.11 Å². The molecule has 0 aromatic heterocycles. The second-order valence-corrected chi connectivity index (χ2v) is 3.85. The fraction of sp³-hybridized carbons (Fsp3) is 0.500. The molecule has 76 valence electrons. The standard InChI is InChI=1S/C12H17NO/c1-9-4-3-5-11-10(9)6-7-13-12(11)8-14-2/h3-5,12-13H,6-8H2,1-2H3/t12-/m0/s1. The zero-order valence-corrected chi connectivity index (χ0v) is 8.84. The zero-order valence-electron chi connectivity index (χ0n) is 8.84. The molecule has 0 unspecified atom stereocenters. The van der Waals surface area contributed by atoms with Crippen molar-refractivity contribution in [2.45, 2.75) is 19.4 Å². The Morgan fingerprint density at radius 1 is 1.50 bits per heavy atom. The molecule has 1 N–H and O–H groups in total. The largest absolute Gasteiger partial charge is 0.383 e. The van der Waals surface area contributed by atoms with Crippen LogP contribution in [0.2, 0.25) is 0 Å². The summed E-state index contributed by atoms with van der Waals surface area (Å²) in [6.07, 6.45) is 1.14. The first-order valence-corrected chi connectivity index (χ1v) is 5.13. The molecule has 1 heterocycles. The molecule has 1 aliphatic rings. The third-order valence-electron chi connectivity index (χ3n) is 2.92. The summed E-state index contributed by atoms with van der Waals surface area (Å²) in [6.45, 7) is 4.01. The normalized spacial score (nSPS) is 20.6. The summed E-state index contributed by atoms with van der Waals surface area (Å²) in [5.41, 5.74) is 4.33. The third kappa shape index (κ3) is 1.68. The van der Waals surface area contributed by atoms with Gasteiger partial charge in [-0.2, -0.15) is 0 Å². The van der Waals surface area contributed by atoms with Crippen molar-refractivity contribution < 1.29 is 4.74 Å². The molecule has 2 rings (SSSR count). The molecule has 14 heavy (non-hydrogen) atoms. The lowest BCUT2D eigenvalue weighted by molar-refractivity contribution is 0.164. The topological polar surface area (TPSA) is 21.3 Å². The Morgan fingerprint density at radius 2 is 2.36 bits per heavy atom. The van der Waals surface area contributed by atoms with Crippen LogP contribution in [0.3, 0.4) is 0 Å². The minimum absolute atomic E-state index is 0.378. The van der Waals surface area contributed by atoms with Crippen LogP contribution in [0.1, 0.15) is 22.7 Å². The molecule has 0 radical (unpaired) electrons. The van der Waals surface area contributed by atoms with Gasteiger partial charge in [0.15, 0.2) is 0 Å². The summed E-state index contributed by atoms with van der Waals surface area (Å²) in [6, 6.07) is 6.90. The summed E-state index contributed by atoms with van der Waals surface area (Å²) in [4.78, 5) is 0. The number of aryl methyl sites for hydroxylation is 1. The molecule has 0 fully saturated rings. The molecule has 2 nitrogen and oxygen atoms in total. The second-order valence-electron chi connectivity index (χ2n) is 3.85. The third-order valence-corrected chi connectivity index (χ3v) is 2.92. The smallest absolute Gasteiger partial charge is 0.0657 e. The molecule has 0 bridgehead atoms. The zero-order chi connectivity index (χ0) is 9.97. The fourth-order valence-corrected chi connectivity index (χ4v) is 2.19. The van der Waals surface area contributed by atoms with Crippen LogP contribution in [0.5, 0.6) is 0 Å². The Balaban J connectivity index is 2.34. The summed E-state index contributed by atoms with van der Waals surface area (Å²) < 4.78 is 5.22. The van der Waals surface area contributed by atoms with Crippen molar-refractivity contribution in [3.8, 4) is 0 Å². The maximum atomic E-state index is 5.22. The van der Waals surface area contributed by atoms with Gasteiger partial charge >= 0.3 is 0 Å². The molecule has 0 spiro atoms. The monoisotopic (exact) mass is 191 g/mol. The fourth-order valence-electron chi connectivity index (χ4n) is 2.19. The molecule has 1 aliphatic heterocycles. The van der Waals surface area contributed by atoms with E-state index in [1.807, 2.05) is 0 Å². The van der Waals surface area contributed by atoms with E-state index < -0.39 is 0 Å². The Hall–Kier alpha value is -0.860. The molecule has 0 saturated carbocycles. The van der Waals surface area contributed by atoms with E-state index in [0.29, 0.717) is 6.04 Å². The predicted octanol–water partition coefficient (Wildman–Crippen LogP) is 1.83. The number of hydrogen-bond donors (Lipinski definition) is 1. The van der Waals surface area contributed by atoms with Crippen LogP contribution in [0, 0.1) is 6.92 Å². The molecule has 2 heteroatoms. The van der Waals surface area contributed by atoms with Crippen LogP contribution >= 0.6 is 0 Å². The molecule has 0 amide bonds. The van der Waals surface area contributed by atoms with Crippen molar-refractivity contribution in [1.29, 1.82) is 0 Å². The highest BCUT2D eigenvalue weighted by atomic mass is 16.5. The highest BCUT2D eigenvalue weighted by Crippen LogP contribution is 2.25. The first kappa shape index (κ1) is 9.69. The summed E-state index contributed by atoms with van der Waals surface area (Å²) in [5.74, 6) is 0. The first-order chi connectivity index (χ1) is 6.83. The lowest BCUT2D eigenvalue weighted by Crippen LogP contribution is -2.32. The average Bonchev–Trinajstić information content (AvgIpc) is 2.20. The van der Waals surface area contributed by atoms with Gasteiger partial charge in [0.25, 0.3) is 0 Å². The van der Waals surface area contributed by atoms with Crippen LogP contribution in [0.25, 0.3) is 0 Å². The molecule has 1 atom stereocenters.